The monoisotopic (exact) mass is 445 g/mol. The maximum Gasteiger partial charge on any atom is 0.251 e. The van der Waals surface area contributed by atoms with E-state index in [0.717, 1.165) is 0 Å². The number of ether oxygens (including phenoxy) is 1. The largest absolute Gasteiger partial charge is 0.497 e. The molecule has 2 atom stereocenters. The maximum atomic E-state index is 13.2. The number of likely N-dealkylation sites (tertiary alicyclic amines) is 1. The first kappa shape index (κ1) is 25.7. The van der Waals surface area contributed by atoms with E-state index in [1.807, 2.05) is 25.7 Å². The van der Waals surface area contributed by atoms with Gasteiger partial charge in [-0.25, -0.2) is 0 Å². The van der Waals surface area contributed by atoms with Crippen LogP contribution in [0.3, 0.4) is 0 Å². The van der Waals surface area contributed by atoms with Gasteiger partial charge in [-0.1, -0.05) is 27.7 Å². The van der Waals surface area contributed by atoms with Crippen LogP contribution in [0.4, 0.5) is 0 Å². The molecule has 0 aliphatic carbocycles. The molecule has 1 aliphatic heterocycles. The summed E-state index contributed by atoms with van der Waals surface area (Å²) >= 11 is 0. The molecule has 1 aromatic carbocycles. The summed E-state index contributed by atoms with van der Waals surface area (Å²) in [6, 6.07) is 6.18. The summed E-state index contributed by atoms with van der Waals surface area (Å²) in [6.45, 7) is 11.4. The van der Waals surface area contributed by atoms with Gasteiger partial charge >= 0.3 is 0 Å². The van der Waals surface area contributed by atoms with Crippen molar-refractivity contribution in [1.82, 2.24) is 15.5 Å². The molecule has 1 aromatic rings. The van der Waals surface area contributed by atoms with Gasteiger partial charge in [-0.2, -0.15) is 0 Å². The average Bonchev–Trinajstić information content (AvgIpc) is 2.76. The van der Waals surface area contributed by atoms with Gasteiger partial charge in [-0.05, 0) is 61.8 Å². The van der Waals surface area contributed by atoms with Gasteiger partial charge in [0, 0.05) is 31.1 Å². The minimum atomic E-state index is -0.645. The Morgan fingerprint density at radius 1 is 1.00 bits per heavy atom. The molecule has 0 radical (unpaired) electrons. The fraction of sp³-hybridized carbons (Fsp3) is 0.640. The van der Waals surface area contributed by atoms with Crippen LogP contribution in [0.25, 0.3) is 0 Å². The van der Waals surface area contributed by atoms with Crippen molar-refractivity contribution >= 4 is 17.7 Å². The van der Waals surface area contributed by atoms with Crippen LogP contribution in [0.2, 0.25) is 0 Å². The summed E-state index contributed by atoms with van der Waals surface area (Å²) in [6.07, 6.45) is 1.90. The van der Waals surface area contributed by atoms with Gasteiger partial charge in [0.2, 0.25) is 11.8 Å². The molecule has 0 unspecified atom stereocenters. The molecule has 0 bridgehead atoms. The molecule has 0 aromatic heterocycles. The summed E-state index contributed by atoms with van der Waals surface area (Å²) in [5.41, 5.74) is 0.477. The highest BCUT2D eigenvalue weighted by molar-refractivity contribution is 5.97. The van der Waals surface area contributed by atoms with Crippen LogP contribution in [0, 0.1) is 17.8 Å². The second kappa shape index (κ2) is 11.9. The van der Waals surface area contributed by atoms with Crippen molar-refractivity contribution in [3.8, 4) is 5.75 Å². The lowest BCUT2D eigenvalue weighted by Crippen LogP contribution is -2.55. The molecule has 3 amide bonds. The number of nitrogens with one attached hydrogen (secondary N) is 2. The van der Waals surface area contributed by atoms with Crippen LogP contribution in [-0.2, 0) is 9.59 Å². The Kier molecular flexibility index (Phi) is 9.54. The highest BCUT2D eigenvalue weighted by Gasteiger charge is 2.34. The van der Waals surface area contributed by atoms with Crippen molar-refractivity contribution < 1.29 is 19.1 Å². The van der Waals surface area contributed by atoms with Gasteiger partial charge < -0.3 is 20.3 Å². The van der Waals surface area contributed by atoms with Gasteiger partial charge in [-0.3, -0.25) is 14.4 Å². The normalized spacial score (nSPS) is 16.6. The molecule has 0 spiro atoms. The molecule has 178 valence electrons. The standard InChI is InChI=1S/C25H39N3O4/c1-16(2)15-22(29)28-13-11-19(12-14-28)23(25(31)26-18(5)17(3)4)27-24(30)20-7-9-21(32-6)10-8-20/h7-10,16-19,23H,11-15H2,1-6H3,(H,26,31)(H,27,30)/t18-,23-/m1/s1. The van der Waals surface area contributed by atoms with Crippen molar-refractivity contribution in [1.29, 1.82) is 0 Å². The third-order valence-corrected chi connectivity index (χ3v) is 6.24. The minimum absolute atomic E-state index is 0.00408. The van der Waals surface area contributed by atoms with Gasteiger partial charge in [0.25, 0.3) is 5.91 Å². The molecule has 1 fully saturated rings. The van der Waals surface area contributed by atoms with Crippen molar-refractivity contribution in [3.05, 3.63) is 29.8 Å². The first-order chi connectivity index (χ1) is 15.1. The average molecular weight is 446 g/mol. The molecule has 2 N–H and O–H groups in total. The number of hydrogen-bond donors (Lipinski definition) is 2. The number of nitrogens with zero attached hydrogens (tertiary/aromatic N) is 1. The topological polar surface area (TPSA) is 87.7 Å². The van der Waals surface area contributed by atoms with E-state index >= 15 is 0 Å². The molecule has 32 heavy (non-hydrogen) atoms. The van der Waals surface area contributed by atoms with Crippen molar-refractivity contribution in [2.24, 2.45) is 17.8 Å². The molecule has 1 aliphatic rings. The fourth-order valence-corrected chi connectivity index (χ4v) is 3.81. The maximum absolute atomic E-state index is 13.2. The van der Waals surface area contributed by atoms with Crippen LogP contribution in [0.1, 0.15) is 64.2 Å². The van der Waals surface area contributed by atoms with Gasteiger partial charge in [-0.15, -0.1) is 0 Å². The second-order valence-electron chi connectivity index (χ2n) is 9.54. The lowest BCUT2D eigenvalue weighted by atomic mass is 9.87. The minimum Gasteiger partial charge on any atom is -0.497 e. The molecule has 2 rings (SSSR count). The zero-order chi connectivity index (χ0) is 23.8. The van der Waals surface area contributed by atoms with E-state index in [1.54, 1.807) is 31.4 Å². The van der Waals surface area contributed by atoms with E-state index in [4.69, 9.17) is 4.74 Å². The summed E-state index contributed by atoms with van der Waals surface area (Å²) < 4.78 is 5.15. The lowest BCUT2D eigenvalue weighted by molar-refractivity contribution is -0.133. The predicted molar refractivity (Wildman–Crippen MR) is 125 cm³/mol. The van der Waals surface area contributed by atoms with Crippen LogP contribution >= 0.6 is 0 Å². The molecule has 1 saturated heterocycles. The molecule has 7 nitrogen and oxygen atoms in total. The first-order valence-electron chi connectivity index (χ1n) is 11.6. The molecular formula is C25H39N3O4. The molecular weight excluding hydrogens is 406 g/mol. The van der Waals surface area contributed by atoms with Gasteiger partial charge in [0.15, 0.2) is 0 Å². The van der Waals surface area contributed by atoms with Crippen LogP contribution in [0.15, 0.2) is 24.3 Å². The first-order valence-corrected chi connectivity index (χ1v) is 11.6. The second-order valence-corrected chi connectivity index (χ2v) is 9.54. The Balaban J connectivity index is 2.11. The number of methoxy groups -OCH3 is 1. The summed E-state index contributed by atoms with van der Waals surface area (Å²) in [5.74, 6) is 0.950. The number of piperidine rings is 1. The Bertz CT molecular complexity index is 768. The Morgan fingerprint density at radius 2 is 1.59 bits per heavy atom. The Hall–Kier alpha value is -2.57. The third kappa shape index (κ3) is 7.24. The van der Waals surface area contributed by atoms with E-state index in [2.05, 4.69) is 24.5 Å². The number of carbonyl (C=O) groups excluding carboxylic acids is 3. The third-order valence-electron chi connectivity index (χ3n) is 6.24. The fourth-order valence-electron chi connectivity index (χ4n) is 3.81. The SMILES string of the molecule is COc1ccc(C(=O)N[C@@H](C(=O)N[C@H](C)C(C)C)C2CCN(C(=O)CC(C)C)CC2)cc1. The van der Waals surface area contributed by atoms with Crippen molar-refractivity contribution in [3.63, 3.8) is 0 Å². The van der Waals surface area contributed by atoms with Gasteiger partial charge in [0.1, 0.15) is 11.8 Å². The van der Waals surface area contributed by atoms with E-state index in [-0.39, 0.29) is 35.6 Å². The number of benzene rings is 1. The van der Waals surface area contributed by atoms with Crippen LogP contribution < -0.4 is 15.4 Å². The Labute approximate surface area is 192 Å². The van der Waals surface area contributed by atoms with Crippen LogP contribution in [0.5, 0.6) is 5.75 Å². The molecule has 0 saturated carbocycles. The number of rotatable bonds is 9. The summed E-state index contributed by atoms with van der Waals surface area (Å²) in [4.78, 5) is 40.4. The van der Waals surface area contributed by atoms with E-state index in [0.29, 0.717) is 49.6 Å². The zero-order valence-corrected chi connectivity index (χ0v) is 20.3. The smallest absolute Gasteiger partial charge is 0.251 e. The zero-order valence-electron chi connectivity index (χ0n) is 20.3. The van der Waals surface area contributed by atoms with Gasteiger partial charge in [0.05, 0.1) is 7.11 Å². The predicted octanol–water partition coefficient (Wildman–Crippen LogP) is 3.24. The summed E-state index contributed by atoms with van der Waals surface area (Å²) in [7, 11) is 1.57. The number of hydrogen-bond acceptors (Lipinski definition) is 4. The van der Waals surface area contributed by atoms with Crippen molar-refractivity contribution in [2.45, 2.75) is 66.0 Å². The number of amides is 3. The summed E-state index contributed by atoms with van der Waals surface area (Å²) in [5, 5.41) is 6.02. The number of carbonyl (C=O) groups is 3. The Morgan fingerprint density at radius 3 is 2.09 bits per heavy atom. The van der Waals surface area contributed by atoms with Crippen LogP contribution in [-0.4, -0.2) is 54.9 Å². The van der Waals surface area contributed by atoms with E-state index in [1.165, 1.54) is 0 Å². The van der Waals surface area contributed by atoms with E-state index in [9.17, 15) is 14.4 Å². The lowest BCUT2D eigenvalue weighted by Gasteiger charge is -2.36. The quantitative estimate of drug-likeness (QED) is 0.611. The van der Waals surface area contributed by atoms with Crippen molar-refractivity contribution in [2.75, 3.05) is 20.2 Å². The molecule has 1 heterocycles. The van der Waals surface area contributed by atoms with E-state index < -0.39 is 6.04 Å². The highest BCUT2D eigenvalue weighted by Crippen LogP contribution is 2.23. The molecule has 7 heteroatoms. The highest BCUT2D eigenvalue weighted by atomic mass is 16.5.